The van der Waals surface area contributed by atoms with Gasteiger partial charge in [-0.25, -0.2) is 4.98 Å². The summed E-state index contributed by atoms with van der Waals surface area (Å²) in [5, 5.41) is 5.35. The Morgan fingerprint density at radius 2 is 1.97 bits per heavy atom. The topological polar surface area (TPSA) is 78.1 Å². The maximum absolute atomic E-state index is 13.1. The highest BCUT2D eigenvalue weighted by molar-refractivity contribution is 7.17. The van der Waals surface area contributed by atoms with E-state index < -0.39 is 0 Å². The van der Waals surface area contributed by atoms with Crippen LogP contribution in [0.4, 0.5) is 5.95 Å². The van der Waals surface area contributed by atoms with E-state index in [1.807, 2.05) is 17.5 Å². The molecule has 2 N–H and O–H groups in total. The molecule has 33 heavy (non-hydrogen) atoms. The van der Waals surface area contributed by atoms with Crippen LogP contribution in [-0.4, -0.2) is 35.0 Å². The zero-order valence-electron chi connectivity index (χ0n) is 19.4. The first kappa shape index (κ1) is 22.1. The molecule has 0 bridgehead atoms. The minimum Gasteiger partial charge on any atom is -0.353 e. The highest BCUT2D eigenvalue weighted by atomic mass is 32.1. The number of aromatic nitrogens is 2. The molecule has 3 atom stereocenters. The van der Waals surface area contributed by atoms with E-state index in [1.54, 1.807) is 0 Å². The summed E-state index contributed by atoms with van der Waals surface area (Å²) in [5.41, 5.74) is 3.90. The minimum absolute atomic E-state index is 0.0767. The molecule has 1 amide bonds. The number of H-pyrrole nitrogens is 1. The number of nitrogens with zero attached hydrogens (tertiary/aromatic N) is 2. The van der Waals surface area contributed by atoms with Gasteiger partial charge in [-0.15, -0.1) is 11.3 Å². The maximum atomic E-state index is 13.1. The predicted molar refractivity (Wildman–Crippen MR) is 135 cm³/mol. The molecule has 1 saturated carbocycles. The van der Waals surface area contributed by atoms with E-state index in [-0.39, 0.29) is 17.4 Å². The van der Waals surface area contributed by atoms with Gasteiger partial charge in [0.05, 0.1) is 11.4 Å². The van der Waals surface area contributed by atoms with Crippen molar-refractivity contribution in [3.05, 3.63) is 45.6 Å². The summed E-state index contributed by atoms with van der Waals surface area (Å²) in [6.45, 7) is 5.70. The van der Waals surface area contributed by atoms with Crippen molar-refractivity contribution in [2.24, 2.45) is 11.8 Å². The number of benzene rings is 1. The van der Waals surface area contributed by atoms with Gasteiger partial charge in [-0.05, 0) is 49.7 Å². The monoisotopic (exact) mass is 464 g/mol. The second-order valence-electron chi connectivity index (χ2n) is 9.69. The number of carbonyl (C=O) groups is 1. The summed E-state index contributed by atoms with van der Waals surface area (Å²) in [6.07, 6.45) is 6.52. The van der Waals surface area contributed by atoms with Crippen molar-refractivity contribution in [2.75, 3.05) is 18.0 Å². The molecule has 5 rings (SSSR count). The number of aryl methyl sites for hydroxylation is 1. The summed E-state index contributed by atoms with van der Waals surface area (Å²) < 4.78 is 0.648. The third-order valence-corrected chi connectivity index (χ3v) is 8.35. The van der Waals surface area contributed by atoms with Crippen molar-refractivity contribution < 1.29 is 4.79 Å². The lowest BCUT2D eigenvalue weighted by atomic mass is 9.85. The number of amides is 1. The van der Waals surface area contributed by atoms with E-state index in [0.717, 1.165) is 48.0 Å². The van der Waals surface area contributed by atoms with Crippen LogP contribution in [0.3, 0.4) is 0 Å². The first-order valence-electron chi connectivity index (χ1n) is 12.1. The Bertz CT molecular complexity index is 1220. The number of fused-ring (bicyclic) bond motifs is 1. The van der Waals surface area contributed by atoms with Crippen LogP contribution < -0.4 is 15.8 Å². The number of hydrogen-bond acceptors (Lipinski definition) is 5. The predicted octanol–water partition coefficient (Wildman–Crippen LogP) is 4.87. The Balaban J connectivity index is 1.39. The molecule has 1 saturated heterocycles. The summed E-state index contributed by atoms with van der Waals surface area (Å²) in [5.74, 6) is 1.19. The lowest BCUT2D eigenvalue weighted by molar-refractivity contribution is -0.126. The van der Waals surface area contributed by atoms with Crippen LogP contribution in [0.1, 0.15) is 51.0 Å². The van der Waals surface area contributed by atoms with Crippen LogP contribution in [0.2, 0.25) is 0 Å². The molecule has 1 aromatic carbocycles. The van der Waals surface area contributed by atoms with Gasteiger partial charge in [-0.1, -0.05) is 44.0 Å². The molecular weight excluding hydrogens is 432 g/mol. The van der Waals surface area contributed by atoms with Gasteiger partial charge in [0.2, 0.25) is 11.9 Å². The normalized spacial score (nSPS) is 23.6. The third kappa shape index (κ3) is 4.43. The average molecular weight is 465 g/mol. The van der Waals surface area contributed by atoms with Crippen LogP contribution in [0.15, 0.2) is 34.4 Å². The molecule has 3 aromatic rings. The first-order chi connectivity index (χ1) is 16.0. The van der Waals surface area contributed by atoms with Crippen LogP contribution in [-0.2, 0) is 4.79 Å². The quantitative estimate of drug-likeness (QED) is 0.577. The Morgan fingerprint density at radius 3 is 2.79 bits per heavy atom. The van der Waals surface area contributed by atoms with Crippen molar-refractivity contribution in [3.8, 4) is 11.1 Å². The highest BCUT2D eigenvalue weighted by Gasteiger charge is 2.30. The Hall–Kier alpha value is -2.67. The smallest absolute Gasteiger partial charge is 0.270 e. The molecule has 2 aliphatic rings. The SMILES string of the molecule is Cc1ccccc1-c1csc2c(=O)[nH]c(N3CCCC(C(=O)NC4CCCCC4C)C3)nc12. The first-order valence-corrected chi connectivity index (χ1v) is 13.0. The van der Waals surface area contributed by atoms with E-state index in [4.69, 9.17) is 4.98 Å². The maximum Gasteiger partial charge on any atom is 0.270 e. The number of piperidine rings is 1. The molecule has 3 unspecified atom stereocenters. The van der Waals surface area contributed by atoms with Gasteiger partial charge in [-0.3, -0.25) is 14.6 Å². The Labute approximate surface area is 198 Å². The second kappa shape index (κ2) is 9.29. The lowest BCUT2D eigenvalue weighted by Gasteiger charge is -2.35. The number of rotatable bonds is 4. The van der Waals surface area contributed by atoms with E-state index in [1.165, 1.54) is 30.6 Å². The van der Waals surface area contributed by atoms with Crippen LogP contribution in [0.5, 0.6) is 0 Å². The van der Waals surface area contributed by atoms with Crippen LogP contribution in [0.25, 0.3) is 21.3 Å². The highest BCUT2D eigenvalue weighted by Crippen LogP contribution is 2.34. The zero-order chi connectivity index (χ0) is 22.9. The third-order valence-electron chi connectivity index (χ3n) is 7.38. The fourth-order valence-electron chi connectivity index (χ4n) is 5.35. The van der Waals surface area contributed by atoms with Gasteiger partial charge in [0.15, 0.2) is 0 Å². The van der Waals surface area contributed by atoms with Crippen LogP contribution in [0, 0.1) is 18.8 Å². The van der Waals surface area contributed by atoms with Gasteiger partial charge in [0.1, 0.15) is 4.70 Å². The van der Waals surface area contributed by atoms with E-state index in [9.17, 15) is 9.59 Å². The summed E-state index contributed by atoms with van der Waals surface area (Å²) >= 11 is 1.44. The molecule has 7 heteroatoms. The number of hydrogen-bond donors (Lipinski definition) is 2. The Morgan fingerprint density at radius 1 is 1.15 bits per heavy atom. The zero-order valence-corrected chi connectivity index (χ0v) is 20.2. The summed E-state index contributed by atoms with van der Waals surface area (Å²) in [7, 11) is 0. The van der Waals surface area contributed by atoms with E-state index in [0.29, 0.717) is 29.2 Å². The molecule has 1 aliphatic carbocycles. The number of thiophene rings is 1. The summed E-state index contributed by atoms with van der Waals surface area (Å²) in [6, 6.07) is 8.48. The number of nitrogens with one attached hydrogen (secondary N) is 2. The largest absolute Gasteiger partial charge is 0.353 e. The van der Waals surface area contributed by atoms with Crippen molar-refractivity contribution in [1.82, 2.24) is 15.3 Å². The molecule has 6 nitrogen and oxygen atoms in total. The molecular formula is C26H32N4O2S. The van der Waals surface area contributed by atoms with Gasteiger partial charge in [-0.2, -0.15) is 0 Å². The molecule has 174 valence electrons. The second-order valence-corrected chi connectivity index (χ2v) is 10.6. The number of aromatic amines is 1. The van der Waals surface area contributed by atoms with Crippen LogP contribution >= 0.6 is 11.3 Å². The number of anilines is 1. The molecule has 0 radical (unpaired) electrons. The molecule has 3 heterocycles. The van der Waals surface area contributed by atoms with Crippen molar-refractivity contribution in [1.29, 1.82) is 0 Å². The van der Waals surface area contributed by atoms with E-state index in [2.05, 4.69) is 41.2 Å². The summed E-state index contributed by atoms with van der Waals surface area (Å²) in [4.78, 5) is 35.9. The molecule has 0 spiro atoms. The van der Waals surface area contributed by atoms with Crippen molar-refractivity contribution in [2.45, 2.75) is 58.4 Å². The fraction of sp³-hybridized carbons (Fsp3) is 0.500. The standard InChI is InChI=1S/C26H32N4O2S/c1-16-8-3-5-11-19(16)20-15-33-23-22(20)28-26(29-25(23)32)30-13-7-10-18(14-30)24(31)27-21-12-6-4-9-17(21)2/h3,5,8,11,15,17-18,21H,4,6-7,9-10,12-14H2,1-2H3,(H,27,31)(H,28,29,32). The number of carbonyl (C=O) groups excluding carboxylic acids is 1. The van der Waals surface area contributed by atoms with Gasteiger partial charge in [0.25, 0.3) is 5.56 Å². The Kier molecular flexibility index (Phi) is 6.23. The average Bonchev–Trinajstić information content (AvgIpc) is 3.25. The van der Waals surface area contributed by atoms with Gasteiger partial charge >= 0.3 is 0 Å². The van der Waals surface area contributed by atoms with Gasteiger partial charge in [0, 0.05) is 30.1 Å². The minimum atomic E-state index is -0.109. The van der Waals surface area contributed by atoms with Crippen molar-refractivity contribution >= 4 is 33.4 Å². The van der Waals surface area contributed by atoms with E-state index >= 15 is 0 Å². The fourth-order valence-corrected chi connectivity index (χ4v) is 6.25. The van der Waals surface area contributed by atoms with Gasteiger partial charge < -0.3 is 10.2 Å². The molecule has 2 fully saturated rings. The van der Waals surface area contributed by atoms with Crippen molar-refractivity contribution in [3.63, 3.8) is 0 Å². The molecule has 2 aromatic heterocycles. The lowest BCUT2D eigenvalue weighted by Crippen LogP contribution is -2.48. The molecule has 1 aliphatic heterocycles.